The van der Waals surface area contributed by atoms with Gasteiger partial charge in [-0.1, -0.05) is 12.1 Å². The van der Waals surface area contributed by atoms with Gasteiger partial charge in [0.05, 0.1) is 18.7 Å². The highest BCUT2D eigenvalue weighted by atomic mass is 19.1. The first kappa shape index (κ1) is 16.0. The Bertz CT molecular complexity index is 761. The minimum absolute atomic E-state index is 0.0384. The van der Waals surface area contributed by atoms with Gasteiger partial charge in [0.25, 0.3) is 5.91 Å². The van der Waals surface area contributed by atoms with Gasteiger partial charge in [-0.3, -0.25) is 9.59 Å². The van der Waals surface area contributed by atoms with Crippen LogP contribution < -0.4 is 15.0 Å². The molecule has 1 fully saturated rings. The summed E-state index contributed by atoms with van der Waals surface area (Å²) in [5.74, 6) is -0.519. The Balaban J connectivity index is 1.83. The summed E-state index contributed by atoms with van der Waals surface area (Å²) in [6.45, 7) is 2.27. The van der Waals surface area contributed by atoms with Gasteiger partial charge >= 0.3 is 0 Å². The summed E-state index contributed by atoms with van der Waals surface area (Å²) in [5, 5.41) is 2.98. The molecule has 2 amide bonds. The highest BCUT2D eigenvalue weighted by Gasteiger charge is 2.40. The number of rotatable bonds is 5. The molecule has 0 aromatic heterocycles. The van der Waals surface area contributed by atoms with E-state index < -0.39 is 6.04 Å². The maximum Gasteiger partial charge on any atom is 0.256 e. The van der Waals surface area contributed by atoms with Crippen molar-refractivity contribution in [3.8, 4) is 5.75 Å². The number of nitrogens with one attached hydrogen (secondary N) is 1. The number of carbonyl (C=O) groups is 2. The number of anilines is 2. The number of amides is 2. The SMILES string of the molecule is CCOc1ccccc1N1C(=O)C[C@H](Nc2ccc(F)cc2)C1=O. The highest BCUT2D eigenvalue weighted by Crippen LogP contribution is 2.32. The van der Waals surface area contributed by atoms with Crippen LogP contribution >= 0.6 is 0 Å². The van der Waals surface area contributed by atoms with Crippen LogP contribution in [0.1, 0.15) is 13.3 Å². The lowest BCUT2D eigenvalue weighted by Gasteiger charge is -2.19. The minimum Gasteiger partial charge on any atom is -0.492 e. The lowest BCUT2D eigenvalue weighted by Crippen LogP contribution is -2.35. The van der Waals surface area contributed by atoms with Crippen molar-refractivity contribution in [3.05, 3.63) is 54.3 Å². The molecule has 2 aromatic carbocycles. The van der Waals surface area contributed by atoms with Crippen LogP contribution in [0, 0.1) is 5.82 Å². The quantitative estimate of drug-likeness (QED) is 0.857. The van der Waals surface area contributed by atoms with Crippen molar-refractivity contribution in [2.24, 2.45) is 0 Å². The Labute approximate surface area is 139 Å². The molecule has 1 N–H and O–H groups in total. The molecule has 24 heavy (non-hydrogen) atoms. The van der Waals surface area contributed by atoms with Crippen molar-refractivity contribution >= 4 is 23.2 Å². The molecule has 1 aliphatic heterocycles. The van der Waals surface area contributed by atoms with Gasteiger partial charge < -0.3 is 10.1 Å². The van der Waals surface area contributed by atoms with Crippen LogP contribution in [0.2, 0.25) is 0 Å². The third-order valence-electron chi connectivity index (χ3n) is 3.74. The van der Waals surface area contributed by atoms with Crippen LogP contribution in [0.4, 0.5) is 15.8 Å². The average molecular weight is 328 g/mol. The molecule has 0 saturated carbocycles. The van der Waals surface area contributed by atoms with Crippen molar-refractivity contribution < 1.29 is 18.7 Å². The largest absolute Gasteiger partial charge is 0.492 e. The van der Waals surface area contributed by atoms with E-state index >= 15 is 0 Å². The molecule has 124 valence electrons. The van der Waals surface area contributed by atoms with E-state index in [0.29, 0.717) is 23.7 Å². The summed E-state index contributed by atoms with van der Waals surface area (Å²) in [7, 11) is 0. The van der Waals surface area contributed by atoms with E-state index in [1.807, 2.05) is 6.92 Å². The number of imide groups is 1. The summed E-state index contributed by atoms with van der Waals surface area (Å²) in [5.41, 5.74) is 1.03. The second-order valence-electron chi connectivity index (χ2n) is 5.38. The zero-order chi connectivity index (χ0) is 17.1. The molecule has 5 nitrogen and oxygen atoms in total. The molecular weight excluding hydrogens is 311 g/mol. The normalized spacial score (nSPS) is 17.2. The fourth-order valence-electron chi connectivity index (χ4n) is 2.66. The van der Waals surface area contributed by atoms with E-state index in [-0.39, 0.29) is 24.1 Å². The lowest BCUT2D eigenvalue weighted by molar-refractivity contribution is -0.121. The predicted molar refractivity (Wildman–Crippen MR) is 88.5 cm³/mol. The summed E-state index contributed by atoms with van der Waals surface area (Å²) in [6.07, 6.45) is 0.0384. The second-order valence-corrected chi connectivity index (χ2v) is 5.38. The molecule has 0 radical (unpaired) electrons. The molecule has 0 spiro atoms. The van der Waals surface area contributed by atoms with E-state index in [1.54, 1.807) is 24.3 Å². The van der Waals surface area contributed by atoms with E-state index in [0.717, 1.165) is 4.90 Å². The number of benzene rings is 2. The zero-order valence-corrected chi connectivity index (χ0v) is 13.2. The van der Waals surface area contributed by atoms with Gasteiger partial charge in [-0.2, -0.15) is 0 Å². The Morgan fingerprint density at radius 2 is 1.88 bits per heavy atom. The maximum atomic E-state index is 13.0. The molecular formula is C18H17FN2O3. The molecule has 1 saturated heterocycles. The van der Waals surface area contributed by atoms with Gasteiger partial charge in [-0.15, -0.1) is 0 Å². The Hall–Kier alpha value is -2.89. The molecule has 6 heteroatoms. The molecule has 1 aliphatic rings. The van der Waals surface area contributed by atoms with Crippen molar-refractivity contribution in [2.45, 2.75) is 19.4 Å². The van der Waals surface area contributed by atoms with Gasteiger partial charge in [-0.05, 0) is 43.3 Å². The van der Waals surface area contributed by atoms with Crippen LogP contribution in [-0.4, -0.2) is 24.5 Å². The molecule has 0 aliphatic carbocycles. The monoisotopic (exact) mass is 328 g/mol. The van der Waals surface area contributed by atoms with Crippen LogP contribution in [0.25, 0.3) is 0 Å². The Morgan fingerprint density at radius 1 is 1.17 bits per heavy atom. The minimum atomic E-state index is -0.683. The van der Waals surface area contributed by atoms with Gasteiger partial charge in [0.15, 0.2) is 0 Å². The third kappa shape index (κ3) is 3.08. The van der Waals surface area contributed by atoms with E-state index in [2.05, 4.69) is 5.32 Å². The smallest absolute Gasteiger partial charge is 0.256 e. The zero-order valence-electron chi connectivity index (χ0n) is 13.2. The fourth-order valence-corrected chi connectivity index (χ4v) is 2.66. The third-order valence-corrected chi connectivity index (χ3v) is 3.74. The van der Waals surface area contributed by atoms with Gasteiger partial charge in [0.1, 0.15) is 17.6 Å². The predicted octanol–water partition coefficient (Wildman–Crippen LogP) is 2.97. The number of nitrogens with zero attached hydrogens (tertiary/aromatic N) is 1. The summed E-state index contributed by atoms with van der Waals surface area (Å²) < 4.78 is 18.5. The van der Waals surface area contributed by atoms with Gasteiger partial charge in [0, 0.05) is 5.69 Å². The molecule has 3 rings (SSSR count). The molecule has 1 heterocycles. The first-order chi connectivity index (χ1) is 11.6. The Kier molecular flexibility index (Phi) is 4.46. The Morgan fingerprint density at radius 3 is 2.58 bits per heavy atom. The number of hydrogen-bond donors (Lipinski definition) is 1. The average Bonchev–Trinajstić information content (AvgIpc) is 2.85. The van der Waals surface area contributed by atoms with Crippen LogP contribution in [0.15, 0.2) is 48.5 Å². The van der Waals surface area contributed by atoms with Crippen molar-refractivity contribution in [1.82, 2.24) is 0 Å². The molecule has 1 atom stereocenters. The highest BCUT2D eigenvalue weighted by molar-refractivity contribution is 6.23. The standard InChI is InChI=1S/C18H17FN2O3/c1-2-24-16-6-4-3-5-15(16)21-17(22)11-14(18(21)23)20-13-9-7-12(19)8-10-13/h3-10,14,20H,2,11H2,1H3/t14-/m0/s1. The number of halogens is 1. The molecule has 2 aromatic rings. The van der Waals surface area contributed by atoms with Crippen LogP contribution in [0.5, 0.6) is 5.75 Å². The lowest BCUT2D eigenvalue weighted by atomic mass is 10.2. The van der Waals surface area contributed by atoms with Crippen LogP contribution in [0.3, 0.4) is 0 Å². The number of ether oxygens (including phenoxy) is 1. The topological polar surface area (TPSA) is 58.6 Å². The van der Waals surface area contributed by atoms with E-state index in [1.165, 1.54) is 24.3 Å². The van der Waals surface area contributed by atoms with E-state index in [4.69, 9.17) is 4.74 Å². The molecule has 0 bridgehead atoms. The first-order valence-electron chi connectivity index (χ1n) is 7.71. The number of para-hydroxylation sites is 2. The fraction of sp³-hybridized carbons (Fsp3) is 0.222. The summed E-state index contributed by atoms with van der Waals surface area (Å²) in [6, 6.07) is 11.9. The van der Waals surface area contributed by atoms with Crippen molar-refractivity contribution in [1.29, 1.82) is 0 Å². The summed E-state index contributed by atoms with van der Waals surface area (Å²) in [4.78, 5) is 26.1. The number of carbonyl (C=O) groups excluding carboxylic acids is 2. The first-order valence-corrected chi connectivity index (χ1v) is 7.71. The van der Waals surface area contributed by atoms with Crippen molar-refractivity contribution in [2.75, 3.05) is 16.8 Å². The van der Waals surface area contributed by atoms with Gasteiger partial charge in [-0.25, -0.2) is 9.29 Å². The van der Waals surface area contributed by atoms with Crippen LogP contribution in [-0.2, 0) is 9.59 Å². The van der Waals surface area contributed by atoms with Gasteiger partial charge in [0.2, 0.25) is 5.91 Å². The van der Waals surface area contributed by atoms with Crippen molar-refractivity contribution in [3.63, 3.8) is 0 Å². The second kappa shape index (κ2) is 6.70. The summed E-state index contributed by atoms with van der Waals surface area (Å²) >= 11 is 0. The maximum absolute atomic E-state index is 13.0. The molecule has 0 unspecified atom stereocenters. The van der Waals surface area contributed by atoms with E-state index in [9.17, 15) is 14.0 Å². The number of hydrogen-bond acceptors (Lipinski definition) is 4.